The monoisotopic (exact) mass is 378 g/mol. The van der Waals surface area contributed by atoms with Crippen LogP contribution in [0.4, 0.5) is 11.4 Å². The van der Waals surface area contributed by atoms with Crippen molar-refractivity contribution in [3.63, 3.8) is 0 Å². The predicted molar refractivity (Wildman–Crippen MR) is 110 cm³/mol. The lowest BCUT2D eigenvalue weighted by atomic mass is 10.2. The van der Waals surface area contributed by atoms with Crippen LogP contribution in [-0.4, -0.2) is 39.3 Å². The quantitative estimate of drug-likeness (QED) is 0.810. The molecular formula is C20H20N5O3+. The van der Waals surface area contributed by atoms with Gasteiger partial charge in [0, 0.05) is 36.0 Å². The molecule has 8 nitrogen and oxygen atoms in total. The topological polar surface area (TPSA) is 76.8 Å². The molecule has 1 N–H and O–H groups in total. The number of rotatable bonds is 5. The second kappa shape index (κ2) is 7.16. The third-order valence-electron chi connectivity index (χ3n) is 4.45. The minimum absolute atomic E-state index is 0.0942. The molecule has 142 valence electrons. The van der Waals surface area contributed by atoms with E-state index in [1.165, 1.54) is 0 Å². The Kier molecular flexibility index (Phi) is 4.54. The van der Waals surface area contributed by atoms with Gasteiger partial charge in [-0.25, -0.2) is 0 Å². The lowest BCUT2D eigenvalue weighted by molar-refractivity contribution is 0.395. The fourth-order valence-electron chi connectivity index (χ4n) is 3.03. The van der Waals surface area contributed by atoms with E-state index in [2.05, 4.69) is 15.3 Å². The zero-order chi connectivity index (χ0) is 19.6. The highest BCUT2D eigenvalue weighted by Crippen LogP contribution is 2.33. The molecule has 0 aliphatic carbocycles. The normalized spacial score (nSPS) is 19.5. The minimum atomic E-state index is 0.0942. The fourth-order valence-corrected chi connectivity index (χ4v) is 3.03. The van der Waals surface area contributed by atoms with Crippen molar-refractivity contribution in [3.05, 3.63) is 54.9 Å². The molecule has 0 fully saturated rings. The standard InChI is InChI=1S/C20H20N5O3/c1-26-16-6-4-15(5-7-16)25-9-8-21-13-19(25)23-20(24-25)22-14-10-17(27-2)12-18(11-14)28-3/h4-13H,1-3H3,(H,22,24)/q+1. The summed E-state index contributed by atoms with van der Waals surface area (Å²) >= 11 is 0. The Labute approximate surface area is 162 Å². The number of benzene rings is 2. The van der Waals surface area contributed by atoms with Crippen LogP contribution in [0.3, 0.4) is 0 Å². The number of nitrogens with zero attached hydrogens (tertiary/aromatic N) is 4. The summed E-state index contributed by atoms with van der Waals surface area (Å²) in [5.74, 6) is 3.27. The van der Waals surface area contributed by atoms with Gasteiger partial charge in [0.1, 0.15) is 23.5 Å². The van der Waals surface area contributed by atoms with Crippen molar-refractivity contribution >= 4 is 29.4 Å². The van der Waals surface area contributed by atoms with Crippen LogP contribution in [0, 0.1) is 0 Å². The summed E-state index contributed by atoms with van der Waals surface area (Å²) in [4.78, 5) is 8.82. The third kappa shape index (κ3) is 3.10. The highest BCUT2D eigenvalue weighted by molar-refractivity contribution is 6.38. The van der Waals surface area contributed by atoms with E-state index in [-0.39, 0.29) is 4.59 Å². The van der Waals surface area contributed by atoms with Crippen molar-refractivity contribution in [2.45, 2.75) is 0 Å². The Bertz CT molecular complexity index is 989. The van der Waals surface area contributed by atoms with E-state index in [9.17, 15) is 0 Å². The van der Waals surface area contributed by atoms with Crippen LogP contribution in [0.5, 0.6) is 17.2 Å². The number of methoxy groups -OCH3 is 3. The van der Waals surface area contributed by atoms with E-state index in [0.29, 0.717) is 23.3 Å². The summed E-state index contributed by atoms with van der Waals surface area (Å²) < 4.78 is 16.0. The van der Waals surface area contributed by atoms with Crippen LogP contribution < -0.4 is 24.1 Å². The van der Waals surface area contributed by atoms with Gasteiger partial charge in [0.2, 0.25) is 0 Å². The van der Waals surface area contributed by atoms with Gasteiger partial charge in [-0.05, 0) is 17.2 Å². The Morgan fingerprint density at radius 2 is 1.54 bits per heavy atom. The van der Waals surface area contributed by atoms with Gasteiger partial charge >= 0.3 is 0 Å². The molecule has 0 saturated carbocycles. The number of quaternary nitrogens is 1. The lowest BCUT2D eigenvalue weighted by Crippen LogP contribution is -2.44. The van der Waals surface area contributed by atoms with Crippen molar-refractivity contribution in [2.24, 2.45) is 15.1 Å². The molecule has 1 unspecified atom stereocenters. The number of aliphatic imine (C=N–C) groups is 2. The Morgan fingerprint density at radius 1 is 0.857 bits per heavy atom. The van der Waals surface area contributed by atoms with Gasteiger partial charge in [-0.1, -0.05) is 4.59 Å². The Balaban J connectivity index is 1.70. The number of anilines is 1. The summed E-state index contributed by atoms with van der Waals surface area (Å²) in [5, 5.41) is 8.04. The predicted octanol–water partition coefficient (Wildman–Crippen LogP) is 3.37. The van der Waals surface area contributed by atoms with Crippen molar-refractivity contribution in [1.29, 1.82) is 0 Å². The maximum atomic E-state index is 5.32. The van der Waals surface area contributed by atoms with Gasteiger partial charge in [0.25, 0.3) is 11.8 Å². The molecular weight excluding hydrogens is 358 g/mol. The van der Waals surface area contributed by atoms with Crippen molar-refractivity contribution < 1.29 is 14.2 Å². The highest BCUT2D eigenvalue weighted by atomic mass is 16.5. The first-order chi connectivity index (χ1) is 13.7. The number of hydrogen-bond acceptors (Lipinski definition) is 7. The summed E-state index contributed by atoms with van der Waals surface area (Å²) in [5.41, 5.74) is 1.68. The Hall–Kier alpha value is -3.65. The number of nitrogens with one attached hydrogen (secondary N) is 1. The minimum Gasteiger partial charge on any atom is -0.497 e. The van der Waals surface area contributed by atoms with Gasteiger partial charge in [-0.3, -0.25) is 4.99 Å². The molecule has 0 spiro atoms. The second-order valence-electron chi connectivity index (χ2n) is 6.08. The molecule has 8 heteroatoms. The van der Waals surface area contributed by atoms with Gasteiger partial charge < -0.3 is 19.5 Å². The zero-order valence-corrected chi connectivity index (χ0v) is 15.8. The molecule has 0 amide bonds. The number of guanidine groups is 1. The largest absolute Gasteiger partial charge is 0.497 e. The van der Waals surface area contributed by atoms with Crippen LogP contribution >= 0.6 is 0 Å². The average molecular weight is 378 g/mol. The maximum absolute atomic E-state index is 5.32. The van der Waals surface area contributed by atoms with Crippen LogP contribution in [0.15, 0.2) is 70.0 Å². The number of fused-ring (bicyclic) bond motifs is 1. The van der Waals surface area contributed by atoms with Crippen molar-refractivity contribution in [3.8, 4) is 17.2 Å². The van der Waals surface area contributed by atoms with E-state index in [1.54, 1.807) is 39.8 Å². The molecule has 2 aliphatic heterocycles. The molecule has 0 radical (unpaired) electrons. The van der Waals surface area contributed by atoms with E-state index < -0.39 is 0 Å². The molecule has 2 aromatic rings. The van der Waals surface area contributed by atoms with E-state index in [1.807, 2.05) is 42.6 Å². The number of ether oxygens (including phenoxy) is 3. The second-order valence-corrected chi connectivity index (χ2v) is 6.08. The van der Waals surface area contributed by atoms with Crippen LogP contribution in [0.25, 0.3) is 0 Å². The average Bonchev–Trinajstić information content (AvgIpc) is 3.12. The summed E-state index contributed by atoms with van der Waals surface area (Å²) in [6.45, 7) is 0. The third-order valence-corrected chi connectivity index (χ3v) is 4.45. The van der Waals surface area contributed by atoms with Crippen LogP contribution in [0.2, 0.25) is 0 Å². The molecule has 2 heterocycles. The zero-order valence-electron chi connectivity index (χ0n) is 15.8. The number of hydrogen-bond donors (Lipinski definition) is 1. The lowest BCUT2D eigenvalue weighted by Gasteiger charge is -2.23. The molecule has 0 bridgehead atoms. The maximum Gasteiger partial charge on any atom is 0.287 e. The molecule has 2 aromatic carbocycles. The molecule has 1 atom stereocenters. The first kappa shape index (κ1) is 17.7. The molecule has 4 rings (SSSR count). The van der Waals surface area contributed by atoms with Crippen molar-refractivity contribution in [1.82, 2.24) is 4.59 Å². The number of amidine groups is 1. The van der Waals surface area contributed by atoms with E-state index >= 15 is 0 Å². The fraction of sp³-hybridized carbons (Fsp3) is 0.150. The van der Waals surface area contributed by atoms with Crippen LogP contribution in [0.1, 0.15) is 0 Å². The highest BCUT2D eigenvalue weighted by Gasteiger charge is 2.42. The van der Waals surface area contributed by atoms with Gasteiger partial charge in [-0.2, -0.15) is 4.99 Å². The van der Waals surface area contributed by atoms with Crippen LogP contribution in [-0.2, 0) is 0 Å². The van der Waals surface area contributed by atoms with Crippen molar-refractivity contribution in [2.75, 3.05) is 26.6 Å². The van der Waals surface area contributed by atoms with Gasteiger partial charge in [0.15, 0.2) is 11.9 Å². The van der Waals surface area contributed by atoms with E-state index in [4.69, 9.17) is 19.3 Å². The summed E-state index contributed by atoms with van der Waals surface area (Å²) in [7, 11) is 4.86. The summed E-state index contributed by atoms with van der Waals surface area (Å²) in [6, 6.07) is 13.2. The molecule has 2 aliphatic rings. The van der Waals surface area contributed by atoms with E-state index in [0.717, 1.165) is 17.1 Å². The molecule has 0 saturated heterocycles. The first-order valence-electron chi connectivity index (χ1n) is 8.61. The van der Waals surface area contributed by atoms with Gasteiger partial charge in [-0.15, -0.1) is 0 Å². The molecule has 28 heavy (non-hydrogen) atoms. The molecule has 0 aromatic heterocycles. The Morgan fingerprint density at radius 3 is 2.18 bits per heavy atom. The summed E-state index contributed by atoms with van der Waals surface area (Å²) in [6.07, 6.45) is 5.29. The first-order valence-corrected chi connectivity index (χ1v) is 8.61. The smallest absolute Gasteiger partial charge is 0.287 e. The van der Waals surface area contributed by atoms with Gasteiger partial charge in [0.05, 0.1) is 27.5 Å². The SMILES string of the molecule is COc1ccc([N+]23C=CN=CC2=NC(Nc2cc(OC)cc(OC)c2)=N3)cc1.